The Morgan fingerprint density at radius 1 is 1.27 bits per heavy atom. The van der Waals surface area contributed by atoms with Crippen LogP contribution in [0.2, 0.25) is 0 Å². The fourth-order valence-electron chi connectivity index (χ4n) is 1.61. The van der Waals surface area contributed by atoms with Gasteiger partial charge in [0.2, 0.25) is 0 Å². The van der Waals surface area contributed by atoms with E-state index >= 15 is 0 Å². The summed E-state index contributed by atoms with van der Waals surface area (Å²) in [5.74, 6) is 0.547. The number of hydrogen-bond donors (Lipinski definition) is 0. The summed E-state index contributed by atoms with van der Waals surface area (Å²) >= 11 is 0. The molecule has 0 aliphatic heterocycles. The van der Waals surface area contributed by atoms with Gasteiger partial charge in [-0.15, -0.1) is 5.10 Å². The number of aromatic nitrogens is 3. The van der Waals surface area contributed by atoms with E-state index in [9.17, 15) is 0 Å². The fourth-order valence-corrected chi connectivity index (χ4v) is 1.61. The summed E-state index contributed by atoms with van der Waals surface area (Å²) in [6.45, 7) is 4.39. The highest BCUT2D eigenvalue weighted by molar-refractivity contribution is 5.59. The lowest BCUT2D eigenvalue weighted by molar-refractivity contribution is 0.720. The van der Waals surface area contributed by atoms with Crippen LogP contribution in [0.15, 0.2) is 30.5 Å². The Balaban J connectivity index is 2.46. The van der Waals surface area contributed by atoms with Crippen LogP contribution in [-0.2, 0) is 7.05 Å². The Hall–Kier alpha value is -1.64. The maximum absolute atomic E-state index is 3.93. The van der Waals surface area contributed by atoms with E-state index < -0.39 is 0 Å². The Bertz CT molecular complexity index is 457. The molecule has 2 rings (SSSR count). The van der Waals surface area contributed by atoms with Gasteiger partial charge in [-0.05, 0) is 17.5 Å². The molecule has 3 nitrogen and oxygen atoms in total. The van der Waals surface area contributed by atoms with Gasteiger partial charge in [-0.3, -0.25) is 0 Å². The van der Waals surface area contributed by atoms with E-state index in [4.69, 9.17) is 0 Å². The molecule has 78 valence electrons. The SMILES string of the molecule is CC(C)c1cccc(-c2cnnn2C)c1. The van der Waals surface area contributed by atoms with Gasteiger partial charge in [-0.1, -0.05) is 37.3 Å². The van der Waals surface area contributed by atoms with Crippen LogP contribution in [0.25, 0.3) is 11.3 Å². The van der Waals surface area contributed by atoms with E-state index in [0.29, 0.717) is 5.92 Å². The van der Waals surface area contributed by atoms with Crippen molar-refractivity contribution < 1.29 is 0 Å². The average molecular weight is 201 g/mol. The highest BCUT2D eigenvalue weighted by Crippen LogP contribution is 2.22. The number of hydrogen-bond acceptors (Lipinski definition) is 2. The van der Waals surface area contributed by atoms with Crippen molar-refractivity contribution in [2.24, 2.45) is 7.05 Å². The van der Waals surface area contributed by atoms with Crippen molar-refractivity contribution in [3.05, 3.63) is 36.0 Å². The minimum Gasteiger partial charge on any atom is -0.248 e. The van der Waals surface area contributed by atoms with Gasteiger partial charge in [-0.25, -0.2) is 4.68 Å². The van der Waals surface area contributed by atoms with Crippen molar-refractivity contribution in [1.29, 1.82) is 0 Å². The van der Waals surface area contributed by atoms with Crippen LogP contribution in [0.4, 0.5) is 0 Å². The molecular formula is C12H15N3. The molecule has 1 heterocycles. The first kappa shape index (κ1) is 9.90. The molecule has 1 aromatic carbocycles. The molecule has 0 radical (unpaired) electrons. The summed E-state index contributed by atoms with van der Waals surface area (Å²) in [7, 11) is 1.91. The number of benzene rings is 1. The van der Waals surface area contributed by atoms with Crippen molar-refractivity contribution >= 4 is 0 Å². The van der Waals surface area contributed by atoms with Gasteiger partial charge in [0.25, 0.3) is 0 Å². The normalized spacial score (nSPS) is 10.9. The van der Waals surface area contributed by atoms with Gasteiger partial charge in [0, 0.05) is 12.6 Å². The number of nitrogens with zero attached hydrogens (tertiary/aromatic N) is 3. The highest BCUT2D eigenvalue weighted by atomic mass is 15.4. The third-order valence-corrected chi connectivity index (χ3v) is 2.56. The van der Waals surface area contributed by atoms with Gasteiger partial charge >= 0.3 is 0 Å². The quantitative estimate of drug-likeness (QED) is 0.747. The van der Waals surface area contributed by atoms with Crippen LogP contribution in [0.5, 0.6) is 0 Å². The van der Waals surface area contributed by atoms with Crippen LogP contribution >= 0.6 is 0 Å². The second-order valence-corrected chi connectivity index (χ2v) is 4.02. The molecule has 0 spiro atoms. The van der Waals surface area contributed by atoms with Gasteiger partial charge in [0.05, 0.1) is 11.9 Å². The van der Waals surface area contributed by atoms with E-state index in [0.717, 1.165) is 5.69 Å². The van der Waals surface area contributed by atoms with Gasteiger partial charge < -0.3 is 0 Å². The predicted octanol–water partition coefficient (Wildman–Crippen LogP) is 2.61. The van der Waals surface area contributed by atoms with E-state index in [-0.39, 0.29) is 0 Å². The Morgan fingerprint density at radius 3 is 2.67 bits per heavy atom. The van der Waals surface area contributed by atoms with Crippen molar-refractivity contribution in [1.82, 2.24) is 15.0 Å². The molecular weight excluding hydrogens is 186 g/mol. The zero-order valence-electron chi connectivity index (χ0n) is 9.31. The Kier molecular flexibility index (Phi) is 2.54. The van der Waals surface area contributed by atoms with E-state index in [1.165, 1.54) is 11.1 Å². The molecule has 0 unspecified atom stereocenters. The first-order valence-corrected chi connectivity index (χ1v) is 5.13. The zero-order chi connectivity index (χ0) is 10.8. The summed E-state index contributed by atoms with van der Waals surface area (Å²) in [5, 5.41) is 7.82. The molecule has 0 aliphatic rings. The summed E-state index contributed by atoms with van der Waals surface area (Å²) < 4.78 is 1.79. The number of aryl methyl sites for hydroxylation is 1. The third kappa shape index (κ3) is 1.91. The van der Waals surface area contributed by atoms with Crippen LogP contribution in [-0.4, -0.2) is 15.0 Å². The molecule has 2 aromatic rings. The molecule has 0 atom stereocenters. The molecule has 0 bridgehead atoms. The Labute approximate surface area is 89.7 Å². The summed E-state index contributed by atoms with van der Waals surface area (Å²) in [6.07, 6.45) is 1.79. The summed E-state index contributed by atoms with van der Waals surface area (Å²) in [4.78, 5) is 0. The second kappa shape index (κ2) is 3.85. The standard InChI is InChI=1S/C12H15N3/c1-9(2)10-5-4-6-11(7-10)12-8-13-14-15(12)3/h4-9H,1-3H3. The molecule has 0 amide bonds. The first-order chi connectivity index (χ1) is 7.18. The monoisotopic (exact) mass is 201 g/mol. The van der Waals surface area contributed by atoms with E-state index in [1.807, 2.05) is 7.05 Å². The van der Waals surface area contributed by atoms with Gasteiger partial charge in [0.1, 0.15) is 0 Å². The predicted molar refractivity (Wildman–Crippen MR) is 60.5 cm³/mol. The first-order valence-electron chi connectivity index (χ1n) is 5.13. The third-order valence-electron chi connectivity index (χ3n) is 2.56. The van der Waals surface area contributed by atoms with Crippen LogP contribution < -0.4 is 0 Å². The van der Waals surface area contributed by atoms with E-state index in [2.05, 4.69) is 48.4 Å². The van der Waals surface area contributed by atoms with Gasteiger partial charge in [-0.2, -0.15) is 0 Å². The van der Waals surface area contributed by atoms with Crippen LogP contribution in [0, 0.1) is 0 Å². The molecule has 0 saturated heterocycles. The maximum atomic E-state index is 3.93. The summed E-state index contributed by atoms with van der Waals surface area (Å²) in [6, 6.07) is 8.52. The average Bonchev–Trinajstić information content (AvgIpc) is 2.64. The molecule has 0 fully saturated rings. The van der Waals surface area contributed by atoms with Crippen molar-refractivity contribution in [2.45, 2.75) is 19.8 Å². The fraction of sp³-hybridized carbons (Fsp3) is 0.333. The molecule has 15 heavy (non-hydrogen) atoms. The van der Waals surface area contributed by atoms with Crippen molar-refractivity contribution in [3.8, 4) is 11.3 Å². The second-order valence-electron chi connectivity index (χ2n) is 4.02. The largest absolute Gasteiger partial charge is 0.248 e. The topological polar surface area (TPSA) is 30.7 Å². The van der Waals surface area contributed by atoms with Crippen LogP contribution in [0.1, 0.15) is 25.3 Å². The maximum Gasteiger partial charge on any atom is 0.0882 e. The summed E-state index contributed by atoms with van der Waals surface area (Å²) in [5.41, 5.74) is 3.57. The lowest BCUT2D eigenvalue weighted by Gasteiger charge is -2.07. The molecule has 0 aliphatic carbocycles. The zero-order valence-corrected chi connectivity index (χ0v) is 9.31. The smallest absolute Gasteiger partial charge is 0.0882 e. The Morgan fingerprint density at radius 2 is 2.07 bits per heavy atom. The molecule has 0 N–H and O–H groups in total. The minimum atomic E-state index is 0.547. The lowest BCUT2D eigenvalue weighted by Crippen LogP contribution is -1.95. The minimum absolute atomic E-state index is 0.547. The lowest BCUT2D eigenvalue weighted by atomic mass is 10.00. The molecule has 0 saturated carbocycles. The van der Waals surface area contributed by atoms with E-state index in [1.54, 1.807) is 10.9 Å². The van der Waals surface area contributed by atoms with Crippen LogP contribution in [0.3, 0.4) is 0 Å². The van der Waals surface area contributed by atoms with Gasteiger partial charge in [0.15, 0.2) is 0 Å². The molecule has 1 aromatic heterocycles. The van der Waals surface area contributed by atoms with Crippen molar-refractivity contribution in [2.75, 3.05) is 0 Å². The van der Waals surface area contributed by atoms with Crippen molar-refractivity contribution in [3.63, 3.8) is 0 Å². The number of rotatable bonds is 2. The molecule has 3 heteroatoms. The highest BCUT2D eigenvalue weighted by Gasteiger charge is 2.05.